The predicted molar refractivity (Wildman–Crippen MR) is 80.3 cm³/mol. The number of nitrogens with two attached hydrogens (primary N) is 1. The average Bonchev–Trinajstić information content (AvgIpc) is 2.41. The van der Waals surface area contributed by atoms with Gasteiger partial charge < -0.3 is 10.6 Å². The highest BCUT2D eigenvalue weighted by molar-refractivity contribution is 9.10. The fourth-order valence-electron chi connectivity index (χ4n) is 2.57. The average molecular weight is 328 g/mol. The molecule has 3 N–H and O–H groups in total. The fraction of sp³-hybridized carbons (Fsp3) is 0.500. The third-order valence-corrected chi connectivity index (χ3v) is 4.66. The topological polar surface area (TPSA) is 53.1 Å². The summed E-state index contributed by atoms with van der Waals surface area (Å²) < 4.78 is 14.6. The number of benzene rings is 1. The van der Waals surface area contributed by atoms with E-state index in [0.717, 1.165) is 31.8 Å². The van der Waals surface area contributed by atoms with Crippen LogP contribution in [0.1, 0.15) is 31.7 Å². The summed E-state index contributed by atoms with van der Waals surface area (Å²) in [6, 6.07) is 3.43. The third-order valence-electron chi connectivity index (χ3n) is 3.88. The molecule has 1 saturated heterocycles. The Labute approximate surface area is 121 Å². The number of piperidine rings is 1. The zero-order valence-electron chi connectivity index (χ0n) is 11.0. The Kier molecular flexibility index (Phi) is 4.45. The minimum absolute atomic E-state index is 0.123. The van der Waals surface area contributed by atoms with Crippen molar-refractivity contribution in [2.24, 2.45) is 11.7 Å². The van der Waals surface area contributed by atoms with Gasteiger partial charge in [-0.05, 0) is 46.8 Å². The first-order valence-corrected chi connectivity index (χ1v) is 7.41. The number of halogens is 2. The molecule has 3 nitrogen and oxygen atoms in total. The summed E-state index contributed by atoms with van der Waals surface area (Å²) in [5, 5.41) is 7.41. The first kappa shape index (κ1) is 14.3. The molecule has 1 heterocycles. The van der Waals surface area contributed by atoms with Gasteiger partial charge in [0.1, 0.15) is 5.84 Å². The van der Waals surface area contributed by atoms with Crippen molar-refractivity contribution in [3.8, 4) is 0 Å². The highest BCUT2D eigenvalue weighted by Gasteiger charge is 2.22. The summed E-state index contributed by atoms with van der Waals surface area (Å²) in [5.41, 5.74) is 6.43. The second-order valence-electron chi connectivity index (χ2n) is 5.01. The van der Waals surface area contributed by atoms with E-state index in [1.165, 1.54) is 6.42 Å². The lowest BCUT2D eigenvalue weighted by Gasteiger charge is -2.33. The quantitative estimate of drug-likeness (QED) is 0.659. The van der Waals surface area contributed by atoms with E-state index in [0.29, 0.717) is 11.3 Å². The smallest absolute Gasteiger partial charge is 0.161 e. The maximum atomic E-state index is 14.3. The van der Waals surface area contributed by atoms with Crippen LogP contribution in [0.2, 0.25) is 0 Å². The Bertz CT molecular complexity index is 482. The number of nitrogens with zero attached hydrogens (tertiary/aromatic N) is 1. The number of hydrogen-bond donors (Lipinski definition) is 2. The predicted octanol–water partition coefficient (Wildman–Crippen LogP) is 3.50. The second kappa shape index (κ2) is 5.90. The summed E-state index contributed by atoms with van der Waals surface area (Å²) in [7, 11) is 0. The van der Waals surface area contributed by atoms with Gasteiger partial charge in [-0.15, -0.1) is 0 Å². The van der Waals surface area contributed by atoms with Crippen molar-refractivity contribution in [2.75, 3.05) is 18.0 Å². The molecule has 19 heavy (non-hydrogen) atoms. The molecule has 1 aliphatic rings. The van der Waals surface area contributed by atoms with Crippen molar-refractivity contribution < 1.29 is 4.39 Å². The lowest BCUT2D eigenvalue weighted by Crippen LogP contribution is -2.34. The summed E-state index contributed by atoms with van der Waals surface area (Å²) in [5.74, 6) is 0.323. The summed E-state index contributed by atoms with van der Waals surface area (Å²) >= 11 is 3.20. The minimum Gasteiger partial charge on any atom is -0.384 e. The van der Waals surface area contributed by atoms with Gasteiger partial charge in [-0.25, -0.2) is 4.39 Å². The first-order chi connectivity index (χ1) is 9.04. The number of anilines is 1. The van der Waals surface area contributed by atoms with Crippen LogP contribution in [0.25, 0.3) is 0 Å². The van der Waals surface area contributed by atoms with Crippen molar-refractivity contribution in [1.29, 1.82) is 5.41 Å². The molecule has 0 bridgehead atoms. The molecule has 0 aromatic heterocycles. The normalized spacial score (nSPS) is 16.7. The van der Waals surface area contributed by atoms with Gasteiger partial charge in [0.25, 0.3) is 0 Å². The van der Waals surface area contributed by atoms with Crippen molar-refractivity contribution >= 4 is 27.5 Å². The molecule has 0 saturated carbocycles. The lowest BCUT2D eigenvalue weighted by atomic mass is 9.94. The molecule has 1 aromatic rings. The Morgan fingerprint density at radius 3 is 2.63 bits per heavy atom. The van der Waals surface area contributed by atoms with Gasteiger partial charge in [0, 0.05) is 18.7 Å². The zero-order valence-corrected chi connectivity index (χ0v) is 12.6. The maximum Gasteiger partial charge on any atom is 0.161 e. The van der Waals surface area contributed by atoms with Gasteiger partial charge >= 0.3 is 0 Å². The lowest BCUT2D eigenvalue weighted by molar-refractivity contribution is 0.392. The number of nitrogens with one attached hydrogen (secondary N) is 1. The number of rotatable bonds is 3. The molecule has 2 rings (SSSR count). The van der Waals surface area contributed by atoms with Gasteiger partial charge in [0.2, 0.25) is 0 Å². The van der Waals surface area contributed by atoms with E-state index in [-0.39, 0.29) is 16.1 Å². The van der Waals surface area contributed by atoms with Gasteiger partial charge in [-0.2, -0.15) is 0 Å². The molecule has 0 unspecified atom stereocenters. The van der Waals surface area contributed by atoms with E-state index in [1.807, 2.05) is 0 Å². The minimum atomic E-state index is -0.317. The van der Waals surface area contributed by atoms with Crippen LogP contribution < -0.4 is 10.6 Å². The molecule has 0 aliphatic carbocycles. The van der Waals surface area contributed by atoms with Crippen LogP contribution in [0.5, 0.6) is 0 Å². The zero-order chi connectivity index (χ0) is 14.0. The fourth-order valence-corrected chi connectivity index (χ4v) is 3.12. The molecular formula is C14H19BrFN3. The van der Waals surface area contributed by atoms with E-state index < -0.39 is 0 Å². The van der Waals surface area contributed by atoms with Crippen LogP contribution in [-0.4, -0.2) is 18.9 Å². The first-order valence-electron chi connectivity index (χ1n) is 6.62. The van der Waals surface area contributed by atoms with Crippen LogP contribution in [0.15, 0.2) is 16.6 Å². The summed E-state index contributed by atoms with van der Waals surface area (Å²) in [6.07, 6.45) is 3.42. The second-order valence-corrected chi connectivity index (χ2v) is 5.81. The molecule has 104 valence electrons. The largest absolute Gasteiger partial charge is 0.384 e. The molecule has 1 fully saturated rings. The summed E-state index contributed by atoms with van der Waals surface area (Å²) in [4.78, 5) is 2.08. The van der Waals surface area contributed by atoms with Crippen molar-refractivity contribution in [2.45, 2.75) is 26.2 Å². The van der Waals surface area contributed by atoms with Crippen LogP contribution in [0.4, 0.5) is 10.1 Å². The van der Waals surface area contributed by atoms with Crippen molar-refractivity contribution in [1.82, 2.24) is 0 Å². The molecule has 5 heteroatoms. The van der Waals surface area contributed by atoms with Crippen LogP contribution in [0.3, 0.4) is 0 Å². The monoisotopic (exact) mass is 327 g/mol. The molecule has 1 aliphatic heterocycles. The van der Waals surface area contributed by atoms with Gasteiger partial charge in [0.15, 0.2) is 5.82 Å². The Hall–Kier alpha value is -1.10. The van der Waals surface area contributed by atoms with Crippen LogP contribution in [-0.2, 0) is 0 Å². The van der Waals surface area contributed by atoms with E-state index in [1.54, 1.807) is 12.1 Å². The van der Waals surface area contributed by atoms with E-state index in [4.69, 9.17) is 11.1 Å². The maximum absolute atomic E-state index is 14.3. The Morgan fingerprint density at radius 2 is 2.11 bits per heavy atom. The van der Waals surface area contributed by atoms with Gasteiger partial charge in [0.05, 0.1) is 10.2 Å². The van der Waals surface area contributed by atoms with Crippen molar-refractivity contribution in [3.05, 3.63) is 28.0 Å². The number of hydrogen-bond acceptors (Lipinski definition) is 2. The number of amidine groups is 1. The Morgan fingerprint density at radius 1 is 1.47 bits per heavy atom. The highest BCUT2D eigenvalue weighted by atomic mass is 79.9. The molecule has 0 amide bonds. The van der Waals surface area contributed by atoms with E-state index in [2.05, 4.69) is 27.8 Å². The van der Waals surface area contributed by atoms with E-state index >= 15 is 0 Å². The molecule has 0 atom stereocenters. The SMILES string of the molecule is CCC1CCN(c2ccc(C(=N)N)c(Br)c2F)CC1. The summed E-state index contributed by atoms with van der Waals surface area (Å²) in [6.45, 7) is 3.99. The standard InChI is InChI=1S/C14H19BrFN3/c1-2-9-5-7-19(8-6-9)11-4-3-10(14(17)18)12(15)13(11)16/h3-4,9H,2,5-8H2,1H3,(H3,17,18). The van der Waals surface area contributed by atoms with E-state index in [9.17, 15) is 4.39 Å². The third kappa shape index (κ3) is 2.91. The molecule has 0 spiro atoms. The van der Waals surface area contributed by atoms with Gasteiger partial charge in [-0.3, -0.25) is 5.41 Å². The molecular weight excluding hydrogens is 309 g/mol. The highest BCUT2D eigenvalue weighted by Crippen LogP contribution is 2.32. The number of nitrogen functional groups attached to an aromatic ring is 1. The Balaban J connectivity index is 2.22. The van der Waals surface area contributed by atoms with Crippen LogP contribution in [0, 0.1) is 17.1 Å². The van der Waals surface area contributed by atoms with Gasteiger partial charge in [-0.1, -0.05) is 13.3 Å². The van der Waals surface area contributed by atoms with Crippen molar-refractivity contribution in [3.63, 3.8) is 0 Å². The molecule has 0 radical (unpaired) electrons. The molecule has 1 aromatic carbocycles. The van der Waals surface area contributed by atoms with Crippen LogP contribution >= 0.6 is 15.9 Å².